The van der Waals surface area contributed by atoms with Gasteiger partial charge in [-0.25, -0.2) is 9.97 Å². The van der Waals surface area contributed by atoms with E-state index in [1.54, 1.807) is 19.5 Å². The molecule has 1 fully saturated rings. The molecule has 1 saturated heterocycles. The lowest BCUT2D eigenvalue weighted by Gasteiger charge is -2.31. The van der Waals surface area contributed by atoms with Crippen molar-refractivity contribution in [3.63, 3.8) is 0 Å². The molecule has 11 nitrogen and oxygen atoms in total. The molecule has 0 aliphatic carbocycles. The van der Waals surface area contributed by atoms with E-state index in [1.807, 2.05) is 4.90 Å². The number of methoxy groups -OCH3 is 1. The van der Waals surface area contributed by atoms with Crippen molar-refractivity contribution in [1.29, 1.82) is 0 Å². The number of anilines is 1. The van der Waals surface area contributed by atoms with Gasteiger partial charge in [0.25, 0.3) is 5.91 Å². The molecule has 0 aromatic carbocycles. The maximum atomic E-state index is 12.9. The Labute approximate surface area is 212 Å². The van der Waals surface area contributed by atoms with Gasteiger partial charge in [-0.15, -0.1) is 11.3 Å². The zero-order valence-corrected chi connectivity index (χ0v) is 21.9. The summed E-state index contributed by atoms with van der Waals surface area (Å²) in [6, 6.07) is 0. The molecule has 192 valence electrons. The summed E-state index contributed by atoms with van der Waals surface area (Å²) in [6.07, 6.45) is 1.72. The Morgan fingerprint density at radius 3 is 2.54 bits per heavy atom. The first kappa shape index (κ1) is 27.3. The summed E-state index contributed by atoms with van der Waals surface area (Å²) in [6.45, 7) is 4.61. The van der Waals surface area contributed by atoms with Crippen LogP contribution in [0, 0.1) is 0 Å². The van der Waals surface area contributed by atoms with Gasteiger partial charge < -0.3 is 19.1 Å². The van der Waals surface area contributed by atoms with Gasteiger partial charge in [0.05, 0.1) is 37.9 Å². The number of carbonyl (C=O) groups excluding carboxylic acids is 3. The van der Waals surface area contributed by atoms with Crippen molar-refractivity contribution in [1.82, 2.24) is 19.2 Å². The highest BCUT2D eigenvalue weighted by Gasteiger charge is 2.27. The van der Waals surface area contributed by atoms with Crippen LogP contribution in [0.25, 0.3) is 0 Å². The van der Waals surface area contributed by atoms with Gasteiger partial charge in [-0.2, -0.15) is 4.37 Å². The zero-order valence-electron chi connectivity index (χ0n) is 20.2. The number of amides is 2. The molecule has 13 heteroatoms. The number of ketones is 1. The molecule has 0 spiro atoms. The second kappa shape index (κ2) is 13.7. The number of ether oxygens (including phenoxy) is 3. The molecule has 1 aliphatic rings. The topological polar surface area (TPSA) is 124 Å². The Bertz CT molecular complexity index is 989. The van der Waals surface area contributed by atoms with Crippen molar-refractivity contribution in [2.45, 2.75) is 32.1 Å². The number of likely N-dealkylation sites (tertiary alicyclic amines) is 1. The SMILES string of the molecule is COCCOCCOCC(=O)N1CCC(c2nc(C(=O)N(C)c3nc(CC(C)=O)ns3)cs2)CC1. The highest BCUT2D eigenvalue weighted by molar-refractivity contribution is 7.10. The van der Waals surface area contributed by atoms with Crippen LogP contribution in [0.4, 0.5) is 5.13 Å². The van der Waals surface area contributed by atoms with E-state index in [0.29, 0.717) is 56.2 Å². The van der Waals surface area contributed by atoms with E-state index in [4.69, 9.17) is 14.2 Å². The summed E-state index contributed by atoms with van der Waals surface area (Å²) in [5, 5.41) is 3.08. The lowest BCUT2D eigenvalue weighted by molar-refractivity contribution is -0.137. The van der Waals surface area contributed by atoms with Gasteiger partial charge in [-0.1, -0.05) is 0 Å². The van der Waals surface area contributed by atoms with Crippen LogP contribution in [0.15, 0.2) is 5.38 Å². The number of rotatable bonds is 13. The summed E-state index contributed by atoms with van der Waals surface area (Å²) in [5.74, 6) is 0.288. The second-order valence-corrected chi connectivity index (χ2v) is 9.74. The van der Waals surface area contributed by atoms with Crippen molar-refractivity contribution in [2.75, 3.05) is 65.2 Å². The number of aromatic nitrogens is 3. The van der Waals surface area contributed by atoms with Gasteiger partial charge >= 0.3 is 0 Å². The average molecular weight is 526 g/mol. The fourth-order valence-electron chi connectivity index (χ4n) is 3.50. The minimum Gasteiger partial charge on any atom is -0.382 e. The predicted octanol–water partition coefficient (Wildman–Crippen LogP) is 1.79. The van der Waals surface area contributed by atoms with Gasteiger partial charge in [0, 0.05) is 50.1 Å². The summed E-state index contributed by atoms with van der Waals surface area (Å²) >= 11 is 2.54. The number of carbonyl (C=O) groups is 3. The molecule has 2 amide bonds. The molecule has 2 aromatic heterocycles. The van der Waals surface area contributed by atoms with E-state index in [1.165, 1.54) is 23.2 Å². The standard InChI is InChI=1S/C22H31N5O6S2/c1-15(28)12-18-24-22(35-25-18)26(2)21(30)17-14-34-20(23-17)16-4-6-27(7-5-16)19(29)13-33-11-10-32-9-8-31-3/h14,16H,4-13H2,1-3H3. The summed E-state index contributed by atoms with van der Waals surface area (Å²) in [5.41, 5.74) is 0.357. The third-order valence-corrected chi connectivity index (χ3v) is 7.26. The third kappa shape index (κ3) is 8.10. The lowest BCUT2D eigenvalue weighted by atomic mass is 9.97. The quantitative estimate of drug-likeness (QED) is 0.360. The first-order chi connectivity index (χ1) is 16.9. The first-order valence-electron chi connectivity index (χ1n) is 11.4. The second-order valence-electron chi connectivity index (χ2n) is 8.12. The molecule has 2 aromatic rings. The van der Waals surface area contributed by atoms with Gasteiger partial charge in [0.2, 0.25) is 11.0 Å². The molecule has 0 radical (unpaired) electrons. The minimum atomic E-state index is -0.269. The van der Waals surface area contributed by atoms with E-state index >= 15 is 0 Å². The summed E-state index contributed by atoms with van der Waals surface area (Å²) in [7, 11) is 3.24. The fraction of sp³-hybridized carbons (Fsp3) is 0.636. The Balaban J connectivity index is 1.43. The van der Waals surface area contributed by atoms with Crippen LogP contribution < -0.4 is 4.90 Å². The first-order valence-corrected chi connectivity index (χ1v) is 13.0. The van der Waals surface area contributed by atoms with Crippen LogP contribution in [0.2, 0.25) is 0 Å². The highest BCUT2D eigenvalue weighted by Crippen LogP contribution is 2.31. The number of hydrogen-bond acceptors (Lipinski definition) is 11. The maximum absolute atomic E-state index is 12.9. The minimum absolute atomic E-state index is 0.0295. The molecule has 3 heterocycles. The van der Waals surface area contributed by atoms with Crippen molar-refractivity contribution >= 4 is 45.6 Å². The number of hydrogen-bond donors (Lipinski definition) is 0. The number of thiazole rings is 1. The zero-order chi connectivity index (χ0) is 25.2. The van der Waals surface area contributed by atoms with Crippen LogP contribution in [0.5, 0.6) is 0 Å². The molecular weight excluding hydrogens is 494 g/mol. The Morgan fingerprint density at radius 2 is 1.83 bits per heavy atom. The smallest absolute Gasteiger partial charge is 0.279 e. The van der Waals surface area contributed by atoms with E-state index < -0.39 is 0 Å². The van der Waals surface area contributed by atoms with Gasteiger partial charge in [0.1, 0.15) is 18.1 Å². The molecule has 35 heavy (non-hydrogen) atoms. The van der Waals surface area contributed by atoms with Crippen LogP contribution >= 0.6 is 22.9 Å². The van der Waals surface area contributed by atoms with Crippen LogP contribution in [0.1, 0.15) is 47.0 Å². The molecule has 3 rings (SSSR count). The van der Waals surface area contributed by atoms with E-state index in [2.05, 4.69) is 14.3 Å². The summed E-state index contributed by atoms with van der Waals surface area (Å²) < 4.78 is 19.8. The van der Waals surface area contributed by atoms with E-state index in [0.717, 1.165) is 29.4 Å². The monoisotopic (exact) mass is 525 g/mol. The van der Waals surface area contributed by atoms with Crippen molar-refractivity contribution in [2.24, 2.45) is 0 Å². The molecule has 0 bridgehead atoms. The normalized spacial score (nSPS) is 14.3. The molecular formula is C22H31N5O6S2. The van der Waals surface area contributed by atoms with Crippen molar-refractivity contribution in [3.05, 3.63) is 21.9 Å². The van der Waals surface area contributed by atoms with Gasteiger partial charge in [0.15, 0.2) is 5.82 Å². The molecule has 1 aliphatic heterocycles. The molecule has 0 N–H and O–H groups in total. The molecule has 0 saturated carbocycles. The predicted molar refractivity (Wildman–Crippen MR) is 131 cm³/mol. The third-order valence-electron chi connectivity index (χ3n) is 5.42. The highest BCUT2D eigenvalue weighted by atomic mass is 32.1. The number of nitrogens with zero attached hydrogens (tertiary/aromatic N) is 5. The Hall–Kier alpha value is -2.32. The Kier molecular flexibility index (Phi) is 10.7. The van der Waals surface area contributed by atoms with Crippen LogP contribution in [-0.2, 0) is 30.2 Å². The number of piperidine rings is 1. The van der Waals surface area contributed by atoms with Gasteiger partial charge in [-0.3, -0.25) is 19.3 Å². The Morgan fingerprint density at radius 1 is 1.11 bits per heavy atom. The maximum Gasteiger partial charge on any atom is 0.279 e. The fourth-order valence-corrected chi connectivity index (χ4v) is 5.11. The molecule has 0 atom stereocenters. The van der Waals surface area contributed by atoms with Crippen LogP contribution in [0.3, 0.4) is 0 Å². The van der Waals surface area contributed by atoms with Crippen molar-refractivity contribution < 1.29 is 28.6 Å². The van der Waals surface area contributed by atoms with Gasteiger partial charge in [-0.05, 0) is 19.8 Å². The number of Topliss-reactive ketones (excluding diaryl/α,β-unsaturated/α-hetero) is 1. The largest absolute Gasteiger partial charge is 0.382 e. The van der Waals surface area contributed by atoms with E-state index in [-0.39, 0.29) is 36.5 Å². The average Bonchev–Trinajstić information content (AvgIpc) is 3.52. The summed E-state index contributed by atoms with van der Waals surface area (Å²) in [4.78, 5) is 48.6. The van der Waals surface area contributed by atoms with E-state index in [9.17, 15) is 14.4 Å². The van der Waals surface area contributed by atoms with Crippen LogP contribution in [-0.4, -0.2) is 97.1 Å². The molecule has 0 unspecified atom stereocenters. The lowest BCUT2D eigenvalue weighted by Crippen LogP contribution is -2.40. The van der Waals surface area contributed by atoms with Crippen molar-refractivity contribution in [3.8, 4) is 0 Å².